The van der Waals surface area contributed by atoms with E-state index in [1.54, 1.807) is 11.3 Å². The summed E-state index contributed by atoms with van der Waals surface area (Å²) in [5, 5.41) is 6.67. The Bertz CT molecular complexity index is 3160. The molecule has 0 fully saturated rings. The quantitative estimate of drug-likeness (QED) is 0.186. The minimum Gasteiger partial charge on any atom is -0.456 e. The number of nitrogens with zero attached hydrogens (tertiary/aromatic N) is 3. The molecule has 5 nitrogen and oxygen atoms in total. The Morgan fingerprint density at radius 2 is 1.04 bits per heavy atom. The zero-order chi connectivity index (χ0) is 33.5. The number of para-hydroxylation sites is 3. The van der Waals surface area contributed by atoms with Crippen LogP contribution in [0.5, 0.6) is 0 Å². The molecular formula is C45H25N3O2S. The topological polar surface area (TPSA) is 65.0 Å². The first-order valence-corrected chi connectivity index (χ1v) is 17.7. The molecule has 11 rings (SSSR count). The number of hydrogen-bond donors (Lipinski definition) is 0. The summed E-state index contributed by atoms with van der Waals surface area (Å²) < 4.78 is 15.0. The van der Waals surface area contributed by atoms with Crippen LogP contribution in [0.15, 0.2) is 160 Å². The van der Waals surface area contributed by atoms with Crippen molar-refractivity contribution in [2.24, 2.45) is 0 Å². The maximum atomic E-state index is 6.38. The summed E-state index contributed by atoms with van der Waals surface area (Å²) in [5.74, 6) is 1.86. The standard InChI is InChI=1S/C45H25N3O2S/c1-2-10-26(11-3-1)43-46-44(48-45(47-43)34-16-9-19-38-41(34)33-13-5-7-18-37(33)49-38)28-21-23-39-35(24-28)31-22-20-27(25-40(31)51-39)29-14-8-15-32-30-12-4-6-17-36(30)50-42(29)32/h1-25H. The van der Waals surface area contributed by atoms with Crippen molar-refractivity contribution in [3.8, 4) is 45.3 Å². The highest BCUT2D eigenvalue weighted by Crippen LogP contribution is 2.42. The Morgan fingerprint density at radius 1 is 0.373 bits per heavy atom. The molecule has 0 saturated carbocycles. The molecule has 0 bridgehead atoms. The van der Waals surface area contributed by atoms with E-state index in [2.05, 4.69) is 78.9 Å². The fourth-order valence-electron chi connectivity index (χ4n) is 7.36. The third-order valence-electron chi connectivity index (χ3n) is 9.76. The zero-order valence-electron chi connectivity index (χ0n) is 27.0. The third kappa shape index (κ3) is 4.43. The lowest BCUT2D eigenvalue weighted by molar-refractivity contribution is 0.669. The molecule has 238 valence electrons. The smallest absolute Gasteiger partial charge is 0.164 e. The molecule has 4 aromatic heterocycles. The van der Waals surface area contributed by atoms with Gasteiger partial charge in [-0.05, 0) is 48.0 Å². The monoisotopic (exact) mass is 671 g/mol. The highest BCUT2D eigenvalue weighted by molar-refractivity contribution is 7.25. The Morgan fingerprint density at radius 3 is 1.92 bits per heavy atom. The van der Waals surface area contributed by atoms with E-state index in [4.69, 9.17) is 23.8 Å². The van der Waals surface area contributed by atoms with Gasteiger partial charge < -0.3 is 8.83 Å². The first-order chi connectivity index (χ1) is 25.2. The molecule has 11 aromatic rings. The fraction of sp³-hybridized carbons (Fsp3) is 0. The minimum absolute atomic E-state index is 0.607. The van der Waals surface area contributed by atoms with Gasteiger partial charge in [0.1, 0.15) is 22.3 Å². The summed E-state index contributed by atoms with van der Waals surface area (Å²) >= 11 is 1.79. The number of hydrogen-bond acceptors (Lipinski definition) is 6. The molecule has 0 radical (unpaired) electrons. The lowest BCUT2D eigenvalue weighted by Crippen LogP contribution is -2.00. The van der Waals surface area contributed by atoms with E-state index in [0.29, 0.717) is 17.5 Å². The van der Waals surface area contributed by atoms with Crippen molar-refractivity contribution < 1.29 is 8.83 Å². The first kappa shape index (κ1) is 28.2. The number of aromatic nitrogens is 3. The van der Waals surface area contributed by atoms with Gasteiger partial charge in [0.25, 0.3) is 0 Å². The number of fused-ring (bicyclic) bond motifs is 9. The molecule has 0 aliphatic heterocycles. The van der Waals surface area contributed by atoms with Crippen LogP contribution in [0.4, 0.5) is 0 Å². The van der Waals surface area contributed by atoms with Crippen LogP contribution in [0.3, 0.4) is 0 Å². The van der Waals surface area contributed by atoms with Crippen molar-refractivity contribution in [3.05, 3.63) is 152 Å². The molecule has 0 spiro atoms. The summed E-state index contributed by atoms with van der Waals surface area (Å²) in [7, 11) is 0. The average molecular weight is 672 g/mol. The SMILES string of the molecule is c1ccc(-c2nc(-c3ccc4sc5cc(-c6cccc7c6oc6ccccc67)ccc5c4c3)nc(-c3cccc4oc5ccccc5c34)n2)cc1. The van der Waals surface area contributed by atoms with Gasteiger partial charge in [0, 0.05) is 64.0 Å². The summed E-state index contributed by atoms with van der Waals surface area (Å²) in [6, 6.07) is 52.1. The summed E-state index contributed by atoms with van der Waals surface area (Å²) in [5.41, 5.74) is 8.47. The number of furan rings is 2. The van der Waals surface area contributed by atoms with E-state index < -0.39 is 0 Å². The normalized spacial score (nSPS) is 11.9. The zero-order valence-corrected chi connectivity index (χ0v) is 27.8. The van der Waals surface area contributed by atoms with Gasteiger partial charge in [-0.2, -0.15) is 0 Å². The average Bonchev–Trinajstić information content (AvgIpc) is 3.88. The number of rotatable bonds is 4. The molecule has 0 N–H and O–H groups in total. The first-order valence-electron chi connectivity index (χ1n) is 16.8. The molecule has 0 saturated heterocycles. The molecule has 51 heavy (non-hydrogen) atoms. The van der Waals surface area contributed by atoms with E-state index in [1.165, 1.54) is 20.2 Å². The van der Waals surface area contributed by atoms with Gasteiger partial charge in [-0.1, -0.05) is 109 Å². The molecular weight excluding hydrogens is 647 g/mol. The van der Waals surface area contributed by atoms with Crippen LogP contribution in [-0.4, -0.2) is 15.0 Å². The van der Waals surface area contributed by atoms with Crippen molar-refractivity contribution in [1.82, 2.24) is 15.0 Å². The third-order valence-corrected chi connectivity index (χ3v) is 10.9. The highest BCUT2D eigenvalue weighted by atomic mass is 32.1. The Labute approximate surface area is 295 Å². The van der Waals surface area contributed by atoms with Gasteiger partial charge in [-0.3, -0.25) is 0 Å². The lowest BCUT2D eigenvalue weighted by atomic mass is 10.0. The predicted octanol–water partition coefficient (Wildman–Crippen LogP) is 12.7. The van der Waals surface area contributed by atoms with Gasteiger partial charge in [-0.15, -0.1) is 11.3 Å². The van der Waals surface area contributed by atoms with Crippen molar-refractivity contribution in [3.63, 3.8) is 0 Å². The van der Waals surface area contributed by atoms with Crippen molar-refractivity contribution in [2.75, 3.05) is 0 Å². The Balaban J connectivity index is 1.07. The van der Waals surface area contributed by atoms with Crippen LogP contribution in [0.1, 0.15) is 0 Å². The molecule has 0 aliphatic rings. The summed E-state index contributed by atoms with van der Waals surface area (Å²) in [6.45, 7) is 0. The molecule has 4 heterocycles. The molecule has 0 aliphatic carbocycles. The fourth-order valence-corrected chi connectivity index (χ4v) is 8.49. The van der Waals surface area contributed by atoms with Gasteiger partial charge in [0.05, 0.1) is 0 Å². The van der Waals surface area contributed by atoms with Crippen LogP contribution >= 0.6 is 11.3 Å². The minimum atomic E-state index is 0.607. The van der Waals surface area contributed by atoms with Gasteiger partial charge in [0.15, 0.2) is 17.5 Å². The van der Waals surface area contributed by atoms with E-state index >= 15 is 0 Å². The van der Waals surface area contributed by atoms with E-state index in [1.807, 2.05) is 72.8 Å². The van der Waals surface area contributed by atoms with Crippen LogP contribution in [0, 0.1) is 0 Å². The van der Waals surface area contributed by atoms with Crippen LogP contribution in [-0.2, 0) is 0 Å². The second-order valence-corrected chi connectivity index (χ2v) is 13.8. The highest BCUT2D eigenvalue weighted by Gasteiger charge is 2.19. The number of benzene rings is 7. The summed E-state index contributed by atoms with van der Waals surface area (Å²) in [4.78, 5) is 15.2. The Kier molecular flexibility index (Phi) is 6.05. The second kappa shape index (κ2) is 10.9. The maximum absolute atomic E-state index is 6.38. The molecule has 7 aromatic carbocycles. The largest absolute Gasteiger partial charge is 0.456 e. The van der Waals surface area contributed by atoms with Gasteiger partial charge in [-0.25, -0.2) is 15.0 Å². The van der Waals surface area contributed by atoms with Crippen LogP contribution < -0.4 is 0 Å². The molecule has 0 atom stereocenters. The van der Waals surface area contributed by atoms with Crippen molar-refractivity contribution in [1.29, 1.82) is 0 Å². The van der Waals surface area contributed by atoms with E-state index in [-0.39, 0.29) is 0 Å². The van der Waals surface area contributed by atoms with Crippen LogP contribution in [0.25, 0.3) is 109 Å². The van der Waals surface area contributed by atoms with Gasteiger partial charge >= 0.3 is 0 Å². The lowest BCUT2D eigenvalue weighted by Gasteiger charge is -2.09. The number of thiophene rings is 1. The van der Waals surface area contributed by atoms with Crippen molar-refractivity contribution >= 4 is 75.4 Å². The molecule has 6 heteroatoms. The predicted molar refractivity (Wildman–Crippen MR) is 209 cm³/mol. The van der Waals surface area contributed by atoms with E-state index in [0.717, 1.165) is 71.7 Å². The van der Waals surface area contributed by atoms with Crippen molar-refractivity contribution in [2.45, 2.75) is 0 Å². The molecule has 0 unspecified atom stereocenters. The van der Waals surface area contributed by atoms with Crippen LogP contribution in [0.2, 0.25) is 0 Å². The summed E-state index contributed by atoms with van der Waals surface area (Å²) in [6.07, 6.45) is 0. The second-order valence-electron chi connectivity index (χ2n) is 12.8. The van der Waals surface area contributed by atoms with Gasteiger partial charge in [0.2, 0.25) is 0 Å². The molecule has 0 amide bonds. The Hall–Kier alpha value is -6.63. The maximum Gasteiger partial charge on any atom is 0.164 e. The van der Waals surface area contributed by atoms with E-state index in [9.17, 15) is 0 Å².